The van der Waals surface area contributed by atoms with E-state index in [1.54, 1.807) is 18.2 Å². The number of nitrogens with zero attached hydrogens (tertiary/aromatic N) is 1. The molecule has 2 heterocycles. The fourth-order valence-electron chi connectivity index (χ4n) is 3.48. The topological polar surface area (TPSA) is 142 Å². The van der Waals surface area contributed by atoms with Gasteiger partial charge in [-0.3, -0.25) is 10.2 Å². The number of amidine groups is 1. The summed E-state index contributed by atoms with van der Waals surface area (Å²) in [6.45, 7) is 0.541. The van der Waals surface area contributed by atoms with Crippen molar-refractivity contribution in [3.63, 3.8) is 0 Å². The highest BCUT2D eigenvalue weighted by molar-refractivity contribution is 7.91. The summed E-state index contributed by atoms with van der Waals surface area (Å²) in [7, 11) is -3.94. The number of likely N-dealkylation sites (tertiary alicyclic amines) is 1. The van der Waals surface area contributed by atoms with Crippen molar-refractivity contribution in [2.45, 2.75) is 23.2 Å². The maximum atomic E-state index is 13.4. The number of thiophene rings is 1. The molecule has 0 radical (unpaired) electrons. The predicted molar refractivity (Wildman–Crippen MR) is 118 cm³/mol. The number of hydrogen-bond donors (Lipinski definition) is 4. The molecule has 1 amide bonds. The molecular weight excluding hydrogens is 441 g/mol. The zero-order chi connectivity index (χ0) is 22.3. The minimum absolute atomic E-state index is 0.0257. The number of benzene rings is 2. The second-order valence-electron chi connectivity index (χ2n) is 7.30. The number of amides is 1. The van der Waals surface area contributed by atoms with Crippen LogP contribution in [0.15, 0.2) is 46.7 Å². The second-order valence-corrected chi connectivity index (χ2v) is 10.3. The summed E-state index contributed by atoms with van der Waals surface area (Å²) >= 11 is 0.949. The summed E-state index contributed by atoms with van der Waals surface area (Å²) in [6.07, 6.45) is 0.309. The third kappa shape index (κ3) is 4.24. The maximum absolute atomic E-state index is 13.4. The van der Waals surface area contributed by atoms with Crippen molar-refractivity contribution in [1.29, 1.82) is 5.41 Å². The molecule has 8 nitrogen and oxygen atoms in total. The van der Waals surface area contributed by atoms with Gasteiger partial charge in [-0.1, -0.05) is 6.07 Å². The lowest BCUT2D eigenvalue weighted by atomic mass is 10.1. The highest BCUT2D eigenvalue weighted by atomic mass is 32.2. The van der Waals surface area contributed by atoms with Crippen LogP contribution >= 0.6 is 11.3 Å². The van der Waals surface area contributed by atoms with E-state index in [0.29, 0.717) is 39.9 Å². The monoisotopic (exact) mass is 461 g/mol. The van der Waals surface area contributed by atoms with Gasteiger partial charge in [0, 0.05) is 29.0 Å². The highest BCUT2D eigenvalue weighted by Gasteiger charge is 2.35. The molecule has 0 saturated carbocycles. The summed E-state index contributed by atoms with van der Waals surface area (Å²) in [5.41, 5.74) is 13.1. The first-order valence-electron chi connectivity index (χ1n) is 9.37. The first-order valence-corrected chi connectivity index (χ1v) is 11.7. The third-order valence-electron chi connectivity index (χ3n) is 5.13. The van der Waals surface area contributed by atoms with Gasteiger partial charge in [0.25, 0.3) is 10.0 Å². The highest BCUT2D eigenvalue weighted by Crippen LogP contribution is 2.30. The number of anilines is 1. The van der Waals surface area contributed by atoms with Crippen LogP contribution in [0, 0.1) is 11.2 Å². The lowest BCUT2D eigenvalue weighted by Crippen LogP contribution is -2.41. The van der Waals surface area contributed by atoms with Crippen molar-refractivity contribution in [2.75, 3.05) is 12.3 Å². The lowest BCUT2D eigenvalue weighted by molar-refractivity contribution is -0.129. The van der Waals surface area contributed by atoms with E-state index in [9.17, 15) is 17.6 Å². The lowest BCUT2D eigenvalue weighted by Gasteiger charge is -2.19. The van der Waals surface area contributed by atoms with Crippen LogP contribution in [-0.4, -0.2) is 37.6 Å². The average molecular weight is 462 g/mol. The Kier molecular flexibility index (Phi) is 5.42. The number of nitrogens with two attached hydrogens (primary N) is 2. The molecule has 1 atom stereocenters. The van der Waals surface area contributed by atoms with Gasteiger partial charge in [0.15, 0.2) is 0 Å². The zero-order valence-electron chi connectivity index (χ0n) is 16.3. The van der Waals surface area contributed by atoms with Crippen molar-refractivity contribution in [3.05, 3.63) is 59.4 Å². The molecule has 0 spiro atoms. The van der Waals surface area contributed by atoms with Crippen LogP contribution in [0.5, 0.6) is 0 Å². The van der Waals surface area contributed by atoms with Gasteiger partial charge >= 0.3 is 0 Å². The van der Waals surface area contributed by atoms with Crippen LogP contribution in [0.25, 0.3) is 10.1 Å². The van der Waals surface area contributed by atoms with Crippen LogP contribution in [-0.2, 0) is 21.4 Å². The van der Waals surface area contributed by atoms with E-state index in [-0.39, 0.29) is 22.5 Å². The number of fused-ring (bicyclic) bond motifs is 1. The number of hydrogen-bond acceptors (Lipinski definition) is 6. The summed E-state index contributed by atoms with van der Waals surface area (Å²) in [5, 5.41) is 8.17. The molecule has 1 fully saturated rings. The van der Waals surface area contributed by atoms with Gasteiger partial charge in [-0.15, -0.1) is 11.3 Å². The number of carbonyl (C=O) groups excluding carboxylic acids is 1. The molecule has 162 valence electrons. The summed E-state index contributed by atoms with van der Waals surface area (Å²) in [5.74, 6) is -0.910. The number of rotatable bonds is 6. The number of nitrogens with one attached hydrogen (secondary N) is 2. The Morgan fingerprint density at radius 3 is 2.77 bits per heavy atom. The summed E-state index contributed by atoms with van der Waals surface area (Å²) in [6, 6.07) is 9.53. The predicted octanol–water partition coefficient (Wildman–Crippen LogP) is 1.99. The van der Waals surface area contributed by atoms with Crippen molar-refractivity contribution in [1.82, 2.24) is 9.62 Å². The van der Waals surface area contributed by atoms with Gasteiger partial charge in [0.1, 0.15) is 21.9 Å². The van der Waals surface area contributed by atoms with E-state index in [1.165, 1.54) is 29.2 Å². The minimum atomic E-state index is -3.94. The largest absolute Gasteiger partial charge is 0.398 e. The van der Waals surface area contributed by atoms with Crippen LogP contribution in [0.2, 0.25) is 0 Å². The van der Waals surface area contributed by atoms with E-state index in [1.807, 2.05) is 0 Å². The molecular formula is C20H20FN5O3S2. The summed E-state index contributed by atoms with van der Waals surface area (Å²) in [4.78, 5) is 14.3. The van der Waals surface area contributed by atoms with E-state index in [2.05, 4.69) is 4.72 Å². The van der Waals surface area contributed by atoms with Gasteiger partial charge < -0.3 is 16.4 Å². The Morgan fingerprint density at radius 1 is 1.26 bits per heavy atom. The van der Waals surface area contributed by atoms with Crippen LogP contribution in [0.3, 0.4) is 0 Å². The van der Waals surface area contributed by atoms with Crippen LogP contribution in [0.1, 0.15) is 17.5 Å². The van der Waals surface area contributed by atoms with Crippen molar-refractivity contribution in [3.8, 4) is 0 Å². The number of sulfonamides is 1. The molecule has 3 aromatic rings. The number of halogens is 1. The molecule has 31 heavy (non-hydrogen) atoms. The molecule has 6 N–H and O–H groups in total. The Bertz CT molecular complexity index is 1310. The molecule has 0 aliphatic carbocycles. The molecule has 2 aromatic carbocycles. The molecule has 11 heteroatoms. The summed E-state index contributed by atoms with van der Waals surface area (Å²) < 4.78 is 42.0. The third-order valence-corrected chi connectivity index (χ3v) is 8.18. The van der Waals surface area contributed by atoms with Crippen molar-refractivity contribution >= 4 is 48.9 Å². The molecule has 0 unspecified atom stereocenters. The average Bonchev–Trinajstić information content (AvgIpc) is 3.28. The van der Waals surface area contributed by atoms with E-state index in [0.717, 1.165) is 11.3 Å². The smallest absolute Gasteiger partial charge is 0.250 e. The normalized spacial score (nSPS) is 16.9. The second kappa shape index (κ2) is 7.91. The molecule has 1 saturated heterocycles. The Labute approximate surface area is 182 Å². The SMILES string of the molecule is N=C(N)c1ccc(N)c(CN2CC[C@H](NS(=O)(=O)c3cc4ccc(F)cc4s3)C2=O)c1. The molecule has 1 aromatic heterocycles. The van der Waals surface area contributed by atoms with Gasteiger partial charge in [-0.25, -0.2) is 12.8 Å². The molecule has 1 aliphatic rings. The Morgan fingerprint density at radius 2 is 2.03 bits per heavy atom. The van der Waals surface area contributed by atoms with E-state index >= 15 is 0 Å². The molecule has 1 aliphatic heterocycles. The van der Waals surface area contributed by atoms with Crippen LogP contribution in [0.4, 0.5) is 10.1 Å². The molecule has 4 rings (SSSR count). The fraction of sp³-hybridized carbons (Fsp3) is 0.200. The van der Waals surface area contributed by atoms with Gasteiger partial charge in [0.2, 0.25) is 5.91 Å². The van der Waals surface area contributed by atoms with Crippen molar-refractivity contribution in [2.24, 2.45) is 5.73 Å². The first-order chi connectivity index (χ1) is 14.6. The van der Waals surface area contributed by atoms with Gasteiger partial charge in [0.05, 0.1) is 0 Å². The molecule has 0 bridgehead atoms. The minimum Gasteiger partial charge on any atom is -0.398 e. The quantitative estimate of drug-likeness (QED) is 0.252. The zero-order valence-corrected chi connectivity index (χ0v) is 17.9. The first kappa shape index (κ1) is 21.2. The van der Waals surface area contributed by atoms with E-state index in [4.69, 9.17) is 16.9 Å². The number of nitrogen functional groups attached to an aromatic ring is 2. The van der Waals surface area contributed by atoms with E-state index < -0.39 is 21.9 Å². The van der Waals surface area contributed by atoms with Crippen LogP contribution < -0.4 is 16.2 Å². The number of carbonyl (C=O) groups is 1. The fourth-order valence-corrected chi connectivity index (χ4v) is 6.14. The maximum Gasteiger partial charge on any atom is 0.250 e. The standard InChI is InChI=1S/C20H20FN5O3S2/c21-14-3-1-11-8-18(30-17(11)9-14)31(28,29)25-16-5-6-26(20(16)27)10-13-7-12(19(23)24)2-4-15(13)22/h1-4,7-9,16,25H,5-6,10,22H2,(H3,23,24)/t16-/m0/s1. The van der Waals surface area contributed by atoms with Gasteiger partial charge in [-0.05, 0) is 53.8 Å². The van der Waals surface area contributed by atoms with Crippen molar-refractivity contribution < 1.29 is 17.6 Å². The van der Waals surface area contributed by atoms with Gasteiger partial charge in [-0.2, -0.15) is 4.72 Å². The Hall–Kier alpha value is -3.02. The Balaban J connectivity index is 1.50.